The lowest BCUT2D eigenvalue weighted by molar-refractivity contribution is 0.185. The third kappa shape index (κ3) is 3.47. The lowest BCUT2D eigenvalue weighted by Crippen LogP contribution is -2.46. The van der Waals surface area contributed by atoms with Crippen molar-refractivity contribution in [1.29, 1.82) is 0 Å². The van der Waals surface area contributed by atoms with E-state index in [1.807, 2.05) is 0 Å². The van der Waals surface area contributed by atoms with Crippen LogP contribution < -0.4 is 11.1 Å². The van der Waals surface area contributed by atoms with Crippen molar-refractivity contribution in [3.63, 3.8) is 0 Å². The Balaban J connectivity index is 1.75. The fourth-order valence-electron chi connectivity index (χ4n) is 2.27. The lowest BCUT2D eigenvalue weighted by atomic mass is 10.0. The Morgan fingerprint density at radius 2 is 1.94 bits per heavy atom. The van der Waals surface area contributed by atoms with Gasteiger partial charge >= 0.3 is 6.03 Å². The summed E-state index contributed by atoms with van der Waals surface area (Å²) in [5, 5.41) is 3.54. The highest BCUT2D eigenvalue weighted by Crippen LogP contribution is 2.11. The summed E-state index contributed by atoms with van der Waals surface area (Å²) < 4.78 is 0. The number of nitrogens with zero attached hydrogens (tertiary/aromatic N) is 1. The molecule has 3 N–H and O–H groups in total. The summed E-state index contributed by atoms with van der Waals surface area (Å²) in [5.74, 6) is 0. The van der Waals surface area contributed by atoms with Gasteiger partial charge in [0.25, 0.3) is 0 Å². The van der Waals surface area contributed by atoms with E-state index in [2.05, 4.69) is 36.5 Å². The average Bonchev–Trinajstić information content (AvgIpc) is 2.38. The quantitative estimate of drug-likeness (QED) is 0.853. The first-order chi connectivity index (χ1) is 8.65. The molecule has 2 amide bonds. The van der Waals surface area contributed by atoms with E-state index in [1.165, 1.54) is 11.1 Å². The molecule has 1 saturated heterocycles. The number of carbonyl (C=O) groups excluding carboxylic acids is 1. The number of hydrogen-bond donors (Lipinski definition) is 2. The van der Waals surface area contributed by atoms with Crippen molar-refractivity contribution in [1.82, 2.24) is 10.2 Å². The van der Waals surface area contributed by atoms with Crippen LogP contribution in [0.1, 0.15) is 24.0 Å². The minimum Gasteiger partial charge on any atom is -0.351 e. The van der Waals surface area contributed by atoms with E-state index in [0.29, 0.717) is 6.04 Å². The number of rotatable bonds is 3. The van der Waals surface area contributed by atoms with Crippen LogP contribution in [0.15, 0.2) is 24.3 Å². The van der Waals surface area contributed by atoms with Gasteiger partial charge in [0.1, 0.15) is 0 Å². The van der Waals surface area contributed by atoms with Crippen molar-refractivity contribution in [3.8, 4) is 0 Å². The second-order valence-corrected chi connectivity index (χ2v) is 4.97. The topological polar surface area (TPSA) is 58.4 Å². The predicted octanol–water partition coefficient (Wildman–Crippen LogP) is 1.63. The Hall–Kier alpha value is -1.55. The molecular weight excluding hydrogens is 226 g/mol. The number of hydrogen-bond acceptors (Lipinski definition) is 2. The maximum Gasteiger partial charge on any atom is 0.314 e. The van der Waals surface area contributed by atoms with Gasteiger partial charge in [0.2, 0.25) is 0 Å². The van der Waals surface area contributed by atoms with Crippen LogP contribution in [-0.4, -0.2) is 30.1 Å². The predicted molar refractivity (Wildman–Crippen MR) is 72.2 cm³/mol. The first-order valence-corrected chi connectivity index (χ1v) is 6.48. The van der Waals surface area contributed by atoms with Gasteiger partial charge in [-0.1, -0.05) is 29.8 Å². The summed E-state index contributed by atoms with van der Waals surface area (Å²) in [6, 6.07) is 8.76. The van der Waals surface area contributed by atoms with E-state index in [9.17, 15) is 4.79 Å². The molecule has 0 spiro atoms. The van der Waals surface area contributed by atoms with E-state index in [1.54, 1.807) is 4.90 Å². The largest absolute Gasteiger partial charge is 0.351 e. The summed E-state index contributed by atoms with van der Waals surface area (Å²) in [6.45, 7) is 4.51. The molecule has 1 heterocycles. The van der Waals surface area contributed by atoms with Gasteiger partial charge < -0.3 is 16.0 Å². The number of benzene rings is 1. The van der Waals surface area contributed by atoms with Gasteiger partial charge in [0, 0.05) is 25.7 Å². The summed E-state index contributed by atoms with van der Waals surface area (Å²) in [5.41, 5.74) is 7.85. The number of urea groups is 1. The van der Waals surface area contributed by atoms with Gasteiger partial charge in [-0.15, -0.1) is 0 Å². The summed E-state index contributed by atoms with van der Waals surface area (Å²) in [7, 11) is 0. The highest BCUT2D eigenvalue weighted by atomic mass is 16.2. The fraction of sp³-hybridized carbons (Fsp3) is 0.500. The number of nitrogens with two attached hydrogens (primary N) is 1. The molecule has 0 aromatic heterocycles. The maximum atomic E-state index is 11.0. The molecular formula is C14H21N3O. The second-order valence-electron chi connectivity index (χ2n) is 4.97. The first-order valence-electron chi connectivity index (χ1n) is 6.48. The van der Waals surface area contributed by atoms with Crippen LogP contribution in [0.5, 0.6) is 0 Å². The van der Waals surface area contributed by atoms with Gasteiger partial charge in [-0.2, -0.15) is 0 Å². The van der Waals surface area contributed by atoms with E-state index in [4.69, 9.17) is 5.73 Å². The third-order valence-corrected chi connectivity index (χ3v) is 3.52. The van der Waals surface area contributed by atoms with Crippen LogP contribution in [0.25, 0.3) is 0 Å². The zero-order chi connectivity index (χ0) is 13.0. The average molecular weight is 247 g/mol. The lowest BCUT2D eigenvalue weighted by Gasteiger charge is -2.31. The number of amides is 2. The van der Waals surface area contributed by atoms with Crippen molar-refractivity contribution in [2.75, 3.05) is 13.1 Å². The van der Waals surface area contributed by atoms with Crippen LogP contribution >= 0.6 is 0 Å². The molecule has 2 rings (SSSR count). The minimum atomic E-state index is -0.299. The number of primary amides is 1. The Kier molecular flexibility index (Phi) is 4.20. The van der Waals surface area contributed by atoms with Crippen molar-refractivity contribution in [2.24, 2.45) is 5.73 Å². The van der Waals surface area contributed by atoms with Crippen LogP contribution in [0, 0.1) is 6.92 Å². The molecule has 1 aliphatic heterocycles. The first kappa shape index (κ1) is 12.9. The summed E-state index contributed by atoms with van der Waals surface area (Å²) in [6.07, 6.45) is 1.96. The smallest absolute Gasteiger partial charge is 0.314 e. The van der Waals surface area contributed by atoms with E-state index < -0.39 is 0 Å². The second kappa shape index (κ2) is 5.87. The monoisotopic (exact) mass is 247 g/mol. The van der Waals surface area contributed by atoms with Gasteiger partial charge in [0.15, 0.2) is 0 Å². The van der Waals surface area contributed by atoms with Crippen molar-refractivity contribution < 1.29 is 4.79 Å². The van der Waals surface area contributed by atoms with Gasteiger partial charge in [-0.3, -0.25) is 0 Å². The number of piperidine rings is 1. The standard InChI is InChI=1S/C14H21N3O/c1-11-2-4-12(5-3-11)10-16-13-6-8-17(9-7-13)14(15)18/h2-5,13,16H,6-10H2,1H3,(H2,15,18). The van der Waals surface area contributed by atoms with Crippen LogP contribution in [-0.2, 0) is 6.54 Å². The summed E-state index contributed by atoms with van der Waals surface area (Å²) in [4.78, 5) is 12.7. The molecule has 1 aromatic rings. The van der Waals surface area contributed by atoms with Gasteiger partial charge in [-0.25, -0.2) is 4.79 Å². The Labute approximate surface area is 108 Å². The molecule has 0 aliphatic carbocycles. The normalized spacial score (nSPS) is 16.8. The number of likely N-dealkylation sites (tertiary alicyclic amines) is 1. The Bertz CT molecular complexity index is 394. The maximum absolute atomic E-state index is 11.0. The molecule has 0 bridgehead atoms. The van der Waals surface area contributed by atoms with E-state index in [-0.39, 0.29) is 6.03 Å². The molecule has 1 aromatic carbocycles. The van der Waals surface area contributed by atoms with E-state index >= 15 is 0 Å². The molecule has 4 nitrogen and oxygen atoms in total. The van der Waals surface area contributed by atoms with Gasteiger partial charge in [-0.05, 0) is 25.3 Å². The van der Waals surface area contributed by atoms with Crippen molar-refractivity contribution in [2.45, 2.75) is 32.4 Å². The molecule has 0 unspecified atom stereocenters. The Morgan fingerprint density at radius 3 is 2.50 bits per heavy atom. The molecule has 1 fully saturated rings. The zero-order valence-corrected chi connectivity index (χ0v) is 10.9. The molecule has 0 atom stereocenters. The SMILES string of the molecule is Cc1ccc(CNC2CCN(C(N)=O)CC2)cc1. The van der Waals surface area contributed by atoms with Crippen LogP contribution in [0.3, 0.4) is 0 Å². The minimum absolute atomic E-state index is 0.299. The third-order valence-electron chi connectivity index (χ3n) is 3.52. The Morgan fingerprint density at radius 1 is 1.33 bits per heavy atom. The molecule has 0 saturated carbocycles. The van der Waals surface area contributed by atoms with Crippen molar-refractivity contribution in [3.05, 3.63) is 35.4 Å². The molecule has 1 aliphatic rings. The molecule has 98 valence electrons. The van der Waals surface area contributed by atoms with Crippen molar-refractivity contribution >= 4 is 6.03 Å². The van der Waals surface area contributed by atoms with Gasteiger partial charge in [0.05, 0.1) is 0 Å². The fourth-order valence-corrected chi connectivity index (χ4v) is 2.27. The van der Waals surface area contributed by atoms with Crippen LogP contribution in [0.4, 0.5) is 4.79 Å². The highest BCUT2D eigenvalue weighted by molar-refractivity contribution is 5.72. The zero-order valence-electron chi connectivity index (χ0n) is 10.9. The van der Waals surface area contributed by atoms with E-state index in [0.717, 1.165) is 32.5 Å². The van der Waals surface area contributed by atoms with Crippen LogP contribution in [0.2, 0.25) is 0 Å². The summed E-state index contributed by atoms with van der Waals surface area (Å²) >= 11 is 0. The number of carbonyl (C=O) groups is 1. The number of aryl methyl sites for hydroxylation is 1. The highest BCUT2D eigenvalue weighted by Gasteiger charge is 2.20. The number of nitrogens with one attached hydrogen (secondary N) is 1. The molecule has 4 heteroatoms. The molecule has 18 heavy (non-hydrogen) atoms. The molecule has 0 radical (unpaired) electrons.